The molecule has 2 aromatic carbocycles. The van der Waals surface area contributed by atoms with E-state index in [-0.39, 0.29) is 0 Å². The lowest BCUT2D eigenvalue weighted by molar-refractivity contribution is 0.464. The number of para-hydroxylation sites is 2. The summed E-state index contributed by atoms with van der Waals surface area (Å²) in [5.41, 5.74) is 0. The molecule has 0 aliphatic rings. The third kappa shape index (κ3) is 5.06. The average Bonchev–Trinajstić information content (AvgIpc) is 2.60. The molecule has 8 heteroatoms. The molecule has 0 atom stereocenters. The van der Waals surface area contributed by atoms with Crippen LogP contribution in [-0.4, -0.2) is 56.3 Å². The van der Waals surface area contributed by atoms with Crippen molar-refractivity contribution in [3.63, 3.8) is 0 Å². The molecular formula is C18H28N4O2P2. The Kier molecular flexibility index (Phi) is 7.63. The Balaban J connectivity index is 2.46. The highest BCUT2D eigenvalue weighted by atomic mass is 31.2. The van der Waals surface area contributed by atoms with Crippen LogP contribution in [0.5, 0.6) is 11.5 Å². The first-order chi connectivity index (χ1) is 12.4. The van der Waals surface area contributed by atoms with Crippen LogP contribution in [0.25, 0.3) is 0 Å². The van der Waals surface area contributed by atoms with Gasteiger partial charge in [-0.15, -0.1) is 0 Å². The van der Waals surface area contributed by atoms with Crippen LogP contribution >= 0.6 is 16.0 Å². The van der Waals surface area contributed by atoms with Gasteiger partial charge in [-0.1, -0.05) is 36.4 Å². The van der Waals surface area contributed by atoms with Crippen LogP contribution in [0.15, 0.2) is 65.2 Å². The second-order valence-electron chi connectivity index (χ2n) is 6.21. The van der Waals surface area contributed by atoms with Gasteiger partial charge in [-0.05, 0) is 66.6 Å². The first-order valence-electron chi connectivity index (χ1n) is 8.28. The maximum Gasteiger partial charge on any atom is 0.439 e. The van der Waals surface area contributed by atoms with Crippen LogP contribution in [-0.2, 0) is 0 Å². The Morgan fingerprint density at radius 3 is 1.31 bits per heavy atom. The summed E-state index contributed by atoms with van der Waals surface area (Å²) in [5.74, 6) is 1.49. The van der Waals surface area contributed by atoms with Crippen molar-refractivity contribution in [2.75, 3.05) is 42.3 Å². The fraction of sp³-hybridized carbons (Fsp3) is 0.333. The SMILES string of the molecule is CN(C)P(=NP(Oc1ccccc1)Oc1ccccc1)(N(C)C)N(C)C. The third-order valence-electron chi connectivity index (χ3n) is 3.66. The summed E-state index contributed by atoms with van der Waals surface area (Å²) in [6, 6.07) is 19.4. The molecule has 6 nitrogen and oxygen atoms in total. The van der Waals surface area contributed by atoms with Gasteiger partial charge >= 0.3 is 8.53 Å². The molecule has 0 radical (unpaired) electrons. The zero-order valence-electron chi connectivity index (χ0n) is 16.3. The summed E-state index contributed by atoms with van der Waals surface area (Å²) in [7, 11) is 8.54. The fourth-order valence-electron chi connectivity index (χ4n) is 2.61. The largest absolute Gasteiger partial charge is 0.439 e. The molecule has 0 spiro atoms. The van der Waals surface area contributed by atoms with Gasteiger partial charge in [0.2, 0.25) is 0 Å². The van der Waals surface area contributed by atoms with Crippen LogP contribution < -0.4 is 9.05 Å². The van der Waals surface area contributed by atoms with Crippen molar-refractivity contribution in [3.05, 3.63) is 60.7 Å². The quantitative estimate of drug-likeness (QED) is 0.589. The number of nitrogens with zero attached hydrogens (tertiary/aromatic N) is 4. The predicted octanol–water partition coefficient (Wildman–Crippen LogP) is 5.00. The maximum atomic E-state index is 6.15. The van der Waals surface area contributed by atoms with E-state index >= 15 is 0 Å². The van der Waals surface area contributed by atoms with E-state index in [9.17, 15) is 0 Å². The molecule has 0 bridgehead atoms. The molecule has 0 aromatic heterocycles. The topological polar surface area (TPSA) is 40.5 Å². The summed E-state index contributed by atoms with van der Waals surface area (Å²) in [6.45, 7) is 0. The minimum atomic E-state index is -2.14. The molecule has 142 valence electrons. The van der Waals surface area contributed by atoms with E-state index in [0.29, 0.717) is 0 Å². The first-order valence-corrected chi connectivity index (χ1v) is 11.0. The zero-order valence-corrected chi connectivity index (χ0v) is 18.1. The van der Waals surface area contributed by atoms with Gasteiger partial charge in [-0.25, -0.2) is 0 Å². The van der Waals surface area contributed by atoms with Crippen molar-refractivity contribution < 1.29 is 9.05 Å². The molecule has 0 unspecified atom stereocenters. The van der Waals surface area contributed by atoms with E-state index in [4.69, 9.17) is 13.6 Å². The van der Waals surface area contributed by atoms with Crippen molar-refractivity contribution in [2.45, 2.75) is 0 Å². The average molecular weight is 394 g/mol. The van der Waals surface area contributed by atoms with Crippen molar-refractivity contribution >= 4 is 16.0 Å². The molecule has 26 heavy (non-hydrogen) atoms. The van der Waals surface area contributed by atoms with Crippen LogP contribution in [0, 0.1) is 0 Å². The van der Waals surface area contributed by atoms with Crippen LogP contribution in [0.3, 0.4) is 0 Å². The molecule has 0 N–H and O–H groups in total. The second-order valence-corrected chi connectivity index (χ2v) is 11.2. The molecule has 0 aliphatic carbocycles. The van der Waals surface area contributed by atoms with E-state index in [1.807, 2.05) is 103 Å². The smallest absolute Gasteiger partial charge is 0.422 e. The standard InChI is InChI=1S/C18H28N4O2P2/c1-20(2)26(21(3)4,22(5)6)19-25(23-17-13-9-7-10-14-17)24-18-15-11-8-12-16-18/h7-16H,1-6H3. The lowest BCUT2D eigenvalue weighted by Crippen LogP contribution is -2.30. The Morgan fingerprint density at radius 2 is 1.00 bits per heavy atom. The number of hydrogen-bond acceptors (Lipinski definition) is 3. The van der Waals surface area contributed by atoms with Gasteiger partial charge in [0, 0.05) is 0 Å². The van der Waals surface area contributed by atoms with Crippen molar-refractivity contribution in [3.8, 4) is 11.5 Å². The van der Waals surface area contributed by atoms with E-state index in [0.717, 1.165) is 11.5 Å². The van der Waals surface area contributed by atoms with Crippen molar-refractivity contribution in [1.29, 1.82) is 0 Å². The van der Waals surface area contributed by atoms with Gasteiger partial charge in [0.15, 0.2) is 7.51 Å². The predicted molar refractivity (Wildman–Crippen MR) is 111 cm³/mol. The lowest BCUT2D eigenvalue weighted by Gasteiger charge is -2.41. The van der Waals surface area contributed by atoms with E-state index in [2.05, 4.69) is 14.0 Å². The van der Waals surface area contributed by atoms with Crippen LogP contribution in [0.4, 0.5) is 0 Å². The third-order valence-corrected chi connectivity index (χ3v) is 9.15. The van der Waals surface area contributed by atoms with Gasteiger partial charge in [0.05, 0.1) is 0 Å². The minimum Gasteiger partial charge on any atom is -0.422 e. The summed E-state index contributed by atoms with van der Waals surface area (Å²) < 4.78 is 23.8. The molecule has 0 heterocycles. The van der Waals surface area contributed by atoms with Gasteiger partial charge in [-0.3, -0.25) is 14.0 Å². The van der Waals surface area contributed by atoms with E-state index < -0.39 is 16.0 Å². The van der Waals surface area contributed by atoms with Gasteiger partial charge in [0.1, 0.15) is 11.5 Å². The summed E-state index contributed by atoms with van der Waals surface area (Å²) in [5, 5.41) is 0. The fourth-order valence-corrected chi connectivity index (χ4v) is 8.39. The Morgan fingerprint density at radius 1 is 0.654 bits per heavy atom. The molecule has 0 amide bonds. The molecule has 2 rings (SSSR count). The Bertz CT molecular complexity index is 654. The molecule has 0 fully saturated rings. The maximum absolute atomic E-state index is 6.15. The lowest BCUT2D eigenvalue weighted by atomic mass is 10.3. The Labute approximate surface area is 158 Å². The molecular weight excluding hydrogens is 366 g/mol. The highest BCUT2D eigenvalue weighted by Crippen LogP contribution is 2.61. The highest BCUT2D eigenvalue weighted by molar-refractivity contribution is 7.66. The first kappa shape index (κ1) is 20.9. The van der Waals surface area contributed by atoms with Crippen molar-refractivity contribution in [2.24, 2.45) is 4.52 Å². The molecule has 0 aliphatic heterocycles. The normalized spacial score (nSPS) is 12.1. The van der Waals surface area contributed by atoms with Crippen LogP contribution in [0.1, 0.15) is 0 Å². The van der Waals surface area contributed by atoms with Gasteiger partial charge in [-0.2, -0.15) is 4.52 Å². The van der Waals surface area contributed by atoms with E-state index in [1.54, 1.807) is 0 Å². The van der Waals surface area contributed by atoms with Crippen molar-refractivity contribution in [1.82, 2.24) is 14.0 Å². The van der Waals surface area contributed by atoms with Gasteiger partial charge < -0.3 is 9.05 Å². The number of hydrogen-bond donors (Lipinski definition) is 0. The summed E-state index contributed by atoms with van der Waals surface area (Å²) >= 11 is 0. The summed E-state index contributed by atoms with van der Waals surface area (Å²) in [4.78, 5) is 0. The minimum absolute atomic E-state index is 0.743. The second kappa shape index (κ2) is 9.50. The van der Waals surface area contributed by atoms with E-state index in [1.165, 1.54) is 0 Å². The monoisotopic (exact) mass is 394 g/mol. The highest BCUT2D eigenvalue weighted by Gasteiger charge is 2.32. The number of benzene rings is 2. The summed E-state index contributed by atoms with van der Waals surface area (Å²) in [6.07, 6.45) is 0. The number of rotatable bonds is 8. The molecule has 0 saturated carbocycles. The van der Waals surface area contributed by atoms with Gasteiger partial charge in [0.25, 0.3) is 0 Å². The molecule has 2 aromatic rings. The molecule has 0 saturated heterocycles. The van der Waals surface area contributed by atoms with Crippen LogP contribution in [0.2, 0.25) is 0 Å². The Hall–Kier alpha value is -1.42. The zero-order chi connectivity index (χ0) is 19.2.